The number of rotatable bonds is 6. The fourth-order valence-corrected chi connectivity index (χ4v) is 3.33. The second-order valence-electron chi connectivity index (χ2n) is 8.48. The average Bonchev–Trinajstić information content (AvgIpc) is 2.73. The first-order chi connectivity index (χ1) is 14.2. The first kappa shape index (κ1) is 21.9. The van der Waals surface area contributed by atoms with Crippen LogP contribution >= 0.6 is 11.6 Å². The van der Waals surface area contributed by atoms with E-state index in [0.717, 1.165) is 11.1 Å². The van der Waals surface area contributed by atoms with Gasteiger partial charge in [0.2, 0.25) is 0 Å². The summed E-state index contributed by atoms with van der Waals surface area (Å²) in [5.41, 5.74) is 3.91. The van der Waals surface area contributed by atoms with Crippen molar-refractivity contribution in [3.63, 3.8) is 0 Å². The van der Waals surface area contributed by atoms with Crippen LogP contribution in [0.1, 0.15) is 60.8 Å². The van der Waals surface area contributed by atoms with Crippen LogP contribution in [0.2, 0.25) is 5.02 Å². The number of carbonyl (C=O) groups is 1. The van der Waals surface area contributed by atoms with E-state index in [1.54, 1.807) is 12.1 Å². The molecular formula is C26H28ClNO2. The minimum Gasteiger partial charge on any atom is -0.489 e. The Labute approximate surface area is 184 Å². The van der Waals surface area contributed by atoms with E-state index in [-0.39, 0.29) is 17.4 Å². The van der Waals surface area contributed by atoms with Gasteiger partial charge < -0.3 is 10.1 Å². The molecule has 0 bridgehead atoms. The molecule has 0 aliphatic heterocycles. The molecule has 1 atom stereocenters. The number of halogens is 1. The van der Waals surface area contributed by atoms with E-state index in [1.165, 1.54) is 5.56 Å². The maximum Gasteiger partial charge on any atom is 0.251 e. The second kappa shape index (κ2) is 9.36. The van der Waals surface area contributed by atoms with E-state index in [1.807, 2.05) is 43.3 Å². The SMILES string of the molecule is CC(NC(=O)c1cccc(OCc2ccccc2Cl)c1)c1ccc(C(C)(C)C)cc1. The molecule has 0 fully saturated rings. The number of hydrogen-bond acceptors (Lipinski definition) is 2. The molecule has 1 unspecified atom stereocenters. The highest BCUT2D eigenvalue weighted by molar-refractivity contribution is 6.31. The Morgan fingerprint density at radius 3 is 2.37 bits per heavy atom. The minimum absolute atomic E-state index is 0.0979. The third-order valence-electron chi connectivity index (χ3n) is 5.07. The molecule has 30 heavy (non-hydrogen) atoms. The largest absolute Gasteiger partial charge is 0.489 e. The number of hydrogen-bond donors (Lipinski definition) is 1. The van der Waals surface area contributed by atoms with Crippen molar-refractivity contribution in [2.75, 3.05) is 0 Å². The maximum atomic E-state index is 12.7. The van der Waals surface area contributed by atoms with Crippen LogP contribution < -0.4 is 10.1 Å². The summed E-state index contributed by atoms with van der Waals surface area (Å²) in [6.45, 7) is 8.90. The molecule has 0 saturated heterocycles. The van der Waals surface area contributed by atoms with Gasteiger partial charge in [-0.15, -0.1) is 0 Å². The minimum atomic E-state index is -0.134. The van der Waals surface area contributed by atoms with Gasteiger partial charge in [0.15, 0.2) is 0 Å². The van der Waals surface area contributed by atoms with Crippen molar-refractivity contribution >= 4 is 17.5 Å². The van der Waals surface area contributed by atoms with E-state index < -0.39 is 0 Å². The van der Waals surface area contributed by atoms with Crippen LogP contribution in [0, 0.1) is 0 Å². The first-order valence-corrected chi connectivity index (χ1v) is 10.5. The molecule has 3 rings (SSSR count). The lowest BCUT2D eigenvalue weighted by atomic mass is 9.86. The van der Waals surface area contributed by atoms with Gasteiger partial charge in [0, 0.05) is 16.1 Å². The lowest BCUT2D eigenvalue weighted by molar-refractivity contribution is 0.0939. The lowest BCUT2D eigenvalue weighted by Gasteiger charge is -2.21. The highest BCUT2D eigenvalue weighted by Gasteiger charge is 2.16. The van der Waals surface area contributed by atoms with Crippen molar-refractivity contribution in [3.05, 3.63) is 100 Å². The zero-order valence-corrected chi connectivity index (χ0v) is 18.7. The summed E-state index contributed by atoms with van der Waals surface area (Å²) < 4.78 is 5.83. The Morgan fingerprint density at radius 1 is 1.00 bits per heavy atom. The molecule has 0 saturated carbocycles. The molecular weight excluding hydrogens is 394 g/mol. The topological polar surface area (TPSA) is 38.3 Å². The maximum absolute atomic E-state index is 12.7. The van der Waals surface area contributed by atoms with Gasteiger partial charge >= 0.3 is 0 Å². The lowest BCUT2D eigenvalue weighted by Crippen LogP contribution is -2.26. The molecule has 0 radical (unpaired) electrons. The van der Waals surface area contributed by atoms with Gasteiger partial charge in [0.25, 0.3) is 5.91 Å². The fourth-order valence-electron chi connectivity index (χ4n) is 3.14. The highest BCUT2D eigenvalue weighted by Crippen LogP contribution is 2.24. The van der Waals surface area contributed by atoms with Crippen molar-refractivity contribution in [3.8, 4) is 5.75 Å². The third kappa shape index (κ3) is 5.64. The molecule has 3 aromatic carbocycles. The Bertz CT molecular complexity index is 1010. The standard InChI is InChI=1S/C26H28ClNO2/c1-18(19-12-14-22(15-13-19)26(2,3)4)28-25(29)20-9-7-10-23(16-20)30-17-21-8-5-6-11-24(21)27/h5-16,18H,17H2,1-4H3,(H,28,29). The van der Waals surface area contributed by atoms with Gasteiger partial charge in [0.05, 0.1) is 6.04 Å². The summed E-state index contributed by atoms with van der Waals surface area (Å²) in [7, 11) is 0. The summed E-state index contributed by atoms with van der Waals surface area (Å²) >= 11 is 6.18. The van der Waals surface area contributed by atoms with E-state index in [4.69, 9.17) is 16.3 Å². The highest BCUT2D eigenvalue weighted by atomic mass is 35.5. The molecule has 0 heterocycles. The van der Waals surface area contributed by atoms with Crippen LogP contribution in [0.25, 0.3) is 0 Å². The second-order valence-corrected chi connectivity index (χ2v) is 8.88. The molecule has 156 valence electrons. The monoisotopic (exact) mass is 421 g/mol. The zero-order valence-electron chi connectivity index (χ0n) is 17.9. The molecule has 3 aromatic rings. The predicted octanol–water partition coefficient (Wildman–Crippen LogP) is 6.71. The Balaban J connectivity index is 1.64. The first-order valence-electron chi connectivity index (χ1n) is 10.1. The average molecular weight is 422 g/mol. The normalized spacial score (nSPS) is 12.3. The van der Waals surface area contributed by atoms with Crippen molar-refractivity contribution in [2.45, 2.75) is 45.8 Å². The molecule has 0 aliphatic carbocycles. The summed E-state index contributed by atoms with van der Waals surface area (Å²) in [4.78, 5) is 12.7. The van der Waals surface area contributed by atoms with E-state index in [9.17, 15) is 4.79 Å². The van der Waals surface area contributed by atoms with E-state index >= 15 is 0 Å². The van der Waals surface area contributed by atoms with Gasteiger partial charge in [-0.2, -0.15) is 0 Å². The van der Waals surface area contributed by atoms with Gasteiger partial charge in [-0.25, -0.2) is 0 Å². The fraction of sp³-hybridized carbons (Fsp3) is 0.269. The number of benzene rings is 3. The van der Waals surface area contributed by atoms with Gasteiger partial charge in [-0.3, -0.25) is 4.79 Å². The van der Waals surface area contributed by atoms with Gasteiger partial charge in [0.1, 0.15) is 12.4 Å². The summed E-state index contributed by atoms with van der Waals surface area (Å²) in [6, 6.07) is 23.1. The van der Waals surface area contributed by atoms with Gasteiger partial charge in [-0.1, -0.05) is 80.9 Å². The van der Waals surface area contributed by atoms with Crippen molar-refractivity contribution in [1.82, 2.24) is 5.32 Å². The molecule has 3 nitrogen and oxygen atoms in total. The van der Waals surface area contributed by atoms with Crippen LogP contribution in [0.15, 0.2) is 72.8 Å². The molecule has 1 amide bonds. The Kier molecular flexibility index (Phi) is 6.84. The third-order valence-corrected chi connectivity index (χ3v) is 5.44. The van der Waals surface area contributed by atoms with Crippen LogP contribution in [0.4, 0.5) is 0 Å². The van der Waals surface area contributed by atoms with E-state index in [2.05, 4.69) is 50.4 Å². The van der Waals surface area contributed by atoms with E-state index in [0.29, 0.717) is 22.9 Å². The van der Waals surface area contributed by atoms with Crippen molar-refractivity contribution in [1.29, 1.82) is 0 Å². The predicted molar refractivity (Wildman–Crippen MR) is 123 cm³/mol. The zero-order chi connectivity index (χ0) is 21.7. The van der Waals surface area contributed by atoms with Crippen molar-refractivity contribution < 1.29 is 9.53 Å². The molecule has 0 aliphatic rings. The summed E-state index contributed by atoms with van der Waals surface area (Å²) in [5, 5.41) is 3.73. The van der Waals surface area contributed by atoms with Crippen molar-refractivity contribution in [2.24, 2.45) is 0 Å². The molecule has 4 heteroatoms. The van der Waals surface area contributed by atoms with Crippen LogP contribution in [-0.2, 0) is 12.0 Å². The number of ether oxygens (including phenoxy) is 1. The number of amides is 1. The van der Waals surface area contributed by atoms with Crippen LogP contribution in [0.3, 0.4) is 0 Å². The molecule has 0 aromatic heterocycles. The Hall–Kier alpha value is -2.78. The molecule has 1 N–H and O–H groups in total. The Morgan fingerprint density at radius 2 is 1.70 bits per heavy atom. The van der Waals surface area contributed by atoms with Crippen LogP contribution in [0.5, 0.6) is 5.75 Å². The number of nitrogens with one attached hydrogen (secondary N) is 1. The summed E-state index contributed by atoms with van der Waals surface area (Å²) in [5.74, 6) is 0.496. The summed E-state index contributed by atoms with van der Waals surface area (Å²) in [6.07, 6.45) is 0. The number of carbonyl (C=O) groups excluding carboxylic acids is 1. The smallest absolute Gasteiger partial charge is 0.251 e. The van der Waals surface area contributed by atoms with Gasteiger partial charge in [-0.05, 0) is 47.7 Å². The quantitative estimate of drug-likeness (QED) is 0.480. The molecule has 0 spiro atoms. The van der Waals surface area contributed by atoms with Crippen LogP contribution in [-0.4, -0.2) is 5.91 Å².